The van der Waals surface area contributed by atoms with Gasteiger partial charge in [-0.1, -0.05) is 24.3 Å². The maximum absolute atomic E-state index is 14.4. The van der Waals surface area contributed by atoms with E-state index in [4.69, 9.17) is 4.74 Å². The summed E-state index contributed by atoms with van der Waals surface area (Å²) in [5.74, 6) is 1.12. The summed E-state index contributed by atoms with van der Waals surface area (Å²) in [5.41, 5.74) is 0.819. The Morgan fingerprint density at radius 3 is 2.48 bits per heavy atom. The van der Waals surface area contributed by atoms with Crippen LogP contribution >= 0.6 is 0 Å². The summed E-state index contributed by atoms with van der Waals surface area (Å²) in [6.07, 6.45) is 0. The highest BCUT2D eigenvalue weighted by atomic mass is 19.1. The van der Waals surface area contributed by atoms with Crippen LogP contribution in [0, 0.1) is 5.82 Å². The fourth-order valence-electron chi connectivity index (χ4n) is 2.63. The molecule has 7 heteroatoms. The van der Waals surface area contributed by atoms with Crippen LogP contribution in [0.1, 0.15) is 37.3 Å². The van der Waals surface area contributed by atoms with E-state index in [0.717, 1.165) is 11.4 Å². The Morgan fingerprint density at radius 2 is 1.84 bits per heavy atom. The van der Waals surface area contributed by atoms with Crippen molar-refractivity contribution in [2.45, 2.75) is 25.9 Å². The van der Waals surface area contributed by atoms with Crippen molar-refractivity contribution in [2.75, 3.05) is 0 Å². The number of aryl methyl sites for hydroxylation is 1. The van der Waals surface area contributed by atoms with Crippen LogP contribution in [0.25, 0.3) is 0 Å². The van der Waals surface area contributed by atoms with Gasteiger partial charge in [-0.05, 0) is 54.1 Å². The monoisotopic (exact) mass is 341 g/mol. The first-order valence-corrected chi connectivity index (χ1v) is 8.05. The third kappa shape index (κ3) is 4.00. The number of tetrazole rings is 1. The summed E-state index contributed by atoms with van der Waals surface area (Å²) in [6.45, 7) is 3.93. The average molecular weight is 341 g/mol. The van der Waals surface area contributed by atoms with Crippen molar-refractivity contribution in [1.29, 1.82) is 0 Å². The van der Waals surface area contributed by atoms with E-state index in [-0.39, 0.29) is 17.8 Å². The molecule has 1 N–H and O–H groups in total. The van der Waals surface area contributed by atoms with Crippen molar-refractivity contribution in [3.63, 3.8) is 0 Å². The molecule has 2 atom stereocenters. The van der Waals surface area contributed by atoms with Gasteiger partial charge in [0.15, 0.2) is 17.4 Å². The predicted octanol–water partition coefficient (Wildman–Crippen LogP) is 3.55. The molecule has 0 aliphatic rings. The van der Waals surface area contributed by atoms with Crippen LogP contribution < -0.4 is 10.1 Å². The summed E-state index contributed by atoms with van der Waals surface area (Å²) < 4.78 is 21.6. The maximum Gasteiger partial charge on any atom is 0.167 e. The van der Waals surface area contributed by atoms with Crippen LogP contribution in [0.2, 0.25) is 0 Å². The molecular weight excluding hydrogens is 321 g/mol. The molecule has 0 saturated carbocycles. The van der Waals surface area contributed by atoms with E-state index in [2.05, 4.69) is 20.8 Å². The van der Waals surface area contributed by atoms with Crippen LogP contribution in [-0.4, -0.2) is 20.2 Å². The quantitative estimate of drug-likeness (QED) is 0.743. The third-order valence-corrected chi connectivity index (χ3v) is 3.97. The van der Waals surface area contributed by atoms with Crippen molar-refractivity contribution in [3.8, 4) is 11.5 Å². The highest BCUT2D eigenvalue weighted by Gasteiger charge is 2.17. The molecule has 3 rings (SSSR count). The fourth-order valence-corrected chi connectivity index (χ4v) is 2.63. The van der Waals surface area contributed by atoms with Crippen LogP contribution in [0.15, 0.2) is 48.5 Å². The minimum Gasteiger partial charge on any atom is -0.454 e. The van der Waals surface area contributed by atoms with Crippen LogP contribution in [0.5, 0.6) is 11.5 Å². The molecule has 130 valence electrons. The summed E-state index contributed by atoms with van der Waals surface area (Å²) in [4.78, 5) is 0. The first kappa shape index (κ1) is 17.0. The van der Waals surface area contributed by atoms with Crippen molar-refractivity contribution in [2.24, 2.45) is 7.05 Å². The van der Waals surface area contributed by atoms with Gasteiger partial charge in [0.1, 0.15) is 5.75 Å². The zero-order valence-corrected chi connectivity index (χ0v) is 14.3. The van der Waals surface area contributed by atoms with Gasteiger partial charge in [0.25, 0.3) is 0 Å². The molecule has 2 aromatic carbocycles. The molecule has 1 aromatic heterocycles. The van der Waals surface area contributed by atoms with Gasteiger partial charge in [0, 0.05) is 13.1 Å². The normalized spacial score (nSPS) is 13.4. The van der Waals surface area contributed by atoms with E-state index in [1.54, 1.807) is 29.9 Å². The molecule has 0 bridgehead atoms. The van der Waals surface area contributed by atoms with Crippen LogP contribution in [0.4, 0.5) is 4.39 Å². The zero-order chi connectivity index (χ0) is 17.8. The Balaban J connectivity index is 1.70. The lowest BCUT2D eigenvalue weighted by atomic mass is 10.1. The third-order valence-electron chi connectivity index (χ3n) is 3.97. The maximum atomic E-state index is 14.4. The molecule has 25 heavy (non-hydrogen) atoms. The van der Waals surface area contributed by atoms with E-state index >= 15 is 0 Å². The molecule has 0 amide bonds. The van der Waals surface area contributed by atoms with Gasteiger partial charge in [-0.25, -0.2) is 9.07 Å². The minimum absolute atomic E-state index is 0.0710. The summed E-state index contributed by atoms with van der Waals surface area (Å²) in [5, 5.41) is 14.8. The highest BCUT2D eigenvalue weighted by Crippen LogP contribution is 2.27. The molecule has 0 aliphatic heterocycles. The first-order chi connectivity index (χ1) is 12.0. The first-order valence-electron chi connectivity index (χ1n) is 8.05. The van der Waals surface area contributed by atoms with E-state index in [1.165, 1.54) is 6.07 Å². The van der Waals surface area contributed by atoms with E-state index in [1.807, 2.05) is 38.1 Å². The topological polar surface area (TPSA) is 64.9 Å². The van der Waals surface area contributed by atoms with Crippen molar-refractivity contribution >= 4 is 0 Å². The van der Waals surface area contributed by atoms with Crippen LogP contribution in [-0.2, 0) is 7.05 Å². The van der Waals surface area contributed by atoms with Gasteiger partial charge < -0.3 is 10.1 Å². The second kappa shape index (κ2) is 7.40. The summed E-state index contributed by atoms with van der Waals surface area (Å²) in [6, 6.07) is 14.0. The standard InChI is InChI=1S/C18H20FN5O/c1-12(20-13(2)18-21-22-23-24(18)3)14-9-10-17(16(19)11-14)25-15-7-5-4-6-8-15/h4-13,20H,1-3H3/t12-,13-/m1/s1. The fraction of sp³-hybridized carbons (Fsp3) is 0.278. The average Bonchev–Trinajstić information content (AvgIpc) is 3.03. The van der Waals surface area contributed by atoms with Crippen molar-refractivity contribution in [1.82, 2.24) is 25.5 Å². The lowest BCUT2D eigenvalue weighted by Gasteiger charge is -2.19. The zero-order valence-electron chi connectivity index (χ0n) is 14.3. The van der Waals surface area contributed by atoms with Crippen LogP contribution in [0.3, 0.4) is 0 Å². The molecule has 0 radical (unpaired) electrons. The number of ether oxygens (including phenoxy) is 1. The second-order valence-corrected chi connectivity index (χ2v) is 5.88. The lowest BCUT2D eigenvalue weighted by Crippen LogP contribution is -2.25. The molecule has 3 aromatic rings. The number of para-hydroxylation sites is 1. The minimum atomic E-state index is -0.400. The Labute approximate surface area is 145 Å². The molecular formula is C18H20FN5O. The highest BCUT2D eigenvalue weighted by molar-refractivity contribution is 5.35. The van der Waals surface area contributed by atoms with Crippen molar-refractivity contribution < 1.29 is 9.13 Å². The Bertz CT molecular complexity index is 836. The lowest BCUT2D eigenvalue weighted by molar-refractivity contribution is 0.435. The SMILES string of the molecule is C[C@@H](N[C@H](C)c1nnnn1C)c1ccc(Oc2ccccc2)c(F)c1. The summed E-state index contributed by atoms with van der Waals surface area (Å²) in [7, 11) is 1.79. The Hall–Kier alpha value is -2.80. The number of nitrogens with one attached hydrogen (secondary N) is 1. The molecule has 6 nitrogen and oxygen atoms in total. The number of rotatable bonds is 6. The molecule has 1 heterocycles. The summed E-state index contributed by atoms with van der Waals surface area (Å²) >= 11 is 0. The second-order valence-electron chi connectivity index (χ2n) is 5.88. The van der Waals surface area contributed by atoms with E-state index in [0.29, 0.717) is 5.75 Å². The van der Waals surface area contributed by atoms with E-state index in [9.17, 15) is 4.39 Å². The largest absolute Gasteiger partial charge is 0.454 e. The Kier molecular flexibility index (Phi) is 5.04. The van der Waals surface area contributed by atoms with Gasteiger partial charge in [-0.15, -0.1) is 5.10 Å². The molecule has 0 aliphatic carbocycles. The number of nitrogens with zero attached hydrogens (tertiary/aromatic N) is 4. The molecule has 0 spiro atoms. The molecule has 0 saturated heterocycles. The van der Waals surface area contributed by atoms with Gasteiger partial charge in [-0.2, -0.15) is 0 Å². The van der Waals surface area contributed by atoms with Gasteiger partial charge >= 0.3 is 0 Å². The van der Waals surface area contributed by atoms with Crippen molar-refractivity contribution in [3.05, 3.63) is 65.7 Å². The van der Waals surface area contributed by atoms with E-state index < -0.39 is 5.82 Å². The van der Waals surface area contributed by atoms with Gasteiger partial charge in [-0.3, -0.25) is 0 Å². The van der Waals surface area contributed by atoms with Gasteiger partial charge in [0.05, 0.1) is 6.04 Å². The number of halogens is 1. The smallest absolute Gasteiger partial charge is 0.167 e. The molecule has 0 fully saturated rings. The number of hydrogen-bond donors (Lipinski definition) is 1. The number of aromatic nitrogens is 4. The number of benzene rings is 2. The van der Waals surface area contributed by atoms with Gasteiger partial charge in [0.2, 0.25) is 0 Å². The number of hydrogen-bond acceptors (Lipinski definition) is 5. The Morgan fingerprint density at radius 1 is 1.08 bits per heavy atom. The molecule has 0 unspecified atom stereocenters. The predicted molar refractivity (Wildman–Crippen MR) is 91.7 cm³/mol.